The zero-order valence-corrected chi connectivity index (χ0v) is 8.79. The van der Waals surface area contributed by atoms with Gasteiger partial charge in [0, 0.05) is 24.8 Å². The zero-order valence-electron chi connectivity index (χ0n) is 8.79. The van der Waals surface area contributed by atoms with Gasteiger partial charge in [0.1, 0.15) is 0 Å². The highest BCUT2D eigenvalue weighted by atomic mass is 16.3. The lowest BCUT2D eigenvalue weighted by molar-refractivity contribution is 0.0760. The molecule has 1 aliphatic carbocycles. The number of fused-ring (bicyclic) bond motifs is 1. The highest BCUT2D eigenvalue weighted by Gasteiger charge is 2.24. The van der Waals surface area contributed by atoms with Crippen LogP contribution in [0.15, 0.2) is 0 Å². The molecular weight excluding hydrogens is 194 g/mol. The number of likely N-dealkylation sites (N-methyl/N-ethyl adjacent to an activating group) is 1. The molecule has 0 saturated carbocycles. The summed E-state index contributed by atoms with van der Waals surface area (Å²) in [7, 11) is 1.68. The Balaban J connectivity index is 2.19. The summed E-state index contributed by atoms with van der Waals surface area (Å²) >= 11 is 0. The fourth-order valence-corrected chi connectivity index (χ4v) is 1.93. The first-order valence-corrected chi connectivity index (χ1v) is 5.16. The van der Waals surface area contributed by atoms with Gasteiger partial charge >= 0.3 is 0 Å². The number of hydrogen-bond acceptors (Lipinski definition) is 3. The lowest BCUT2D eigenvalue weighted by Gasteiger charge is -2.14. The standard InChI is InChI=1S/C10H15N3O2/c1-13(5-6-14)10(15)9-7-3-2-4-8(7)11-12-9/h14H,2-6H2,1H3,(H,11,12). The van der Waals surface area contributed by atoms with Crippen LogP contribution in [-0.2, 0) is 12.8 Å². The van der Waals surface area contributed by atoms with Gasteiger partial charge in [-0.2, -0.15) is 5.10 Å². The maximum Gasteiger partial charge on any atom is 0.274 e. The molecule has 5 nitrogen and oxygen atoms in total. The SMILES string of the molecule is CN(CCO)C(=O)c1n[nH]c2c1CCC2. The van der Waals surface area contributed by atoms with Crippen molar-refractivity contribution >= 4 is 5.91 Å². The minimum atomic E-state index is -0.108. The number of aliphatic hydroxyl groups is 1. The summed E-state index contributed by atoms with van der Waals surface area (Å²) in [6, 6.07) is 0. The van der Waals surface area contributed by atoms with E-state index in [1.54, 1.807) is 7.05 Å². The van der Waals surface area contributed by atoms with Crippen LogP contribution >= 0.6 is 0 Å². The molecule has 82 valence electrons. The molecule has 0 aliphatic heterocycles. The number of aromatic nitrogens is 2. The second kappa shape index (κ2) is 4.02. The van der Waals surface area contributed by atoms with Crippen LogP contribution in [0.4, 0.5) is 0 Å². The molecule has 0 fully saturated rings. The van der Waals surface area contributed by atoms with Gasteiger partial charge in [0.2, 0.25) is 0 Å². The van der Waals surface area contributed by atoms with E-state index in [2.05, 4.69) is 10.2 Å². The van der Waals surface area contributed by atoms with Crippen LogP contribution in [0.1, 0.15) is 28.2 Å². The molecular formula is C10H15N3O2. The summed E-state index contributed by atoms with van der Waals surface area (Å²) in [5.74, 6) is -0.108. The van der Waals surface area contributed by atoms with Crippen LogP contribution in [0, 0.1) is 0 Å². The molecule has 15 heavy (non-hydrogen) atoms. The Morgan fingerprint density at radius 2 is 2.40 bits per heavy atom. The maximum atomic E-state index is 11.9. The van der Waals surface area contributed by atoms with Crippen LogP contribution in [0.25, 0.3) is 0 Å². The Morgan fingerprint density at radius 1 is 1.60 bits per heavy atom. The maximum absolute atomic E-state index is 11.9. The van der Waals surface area contributed by atoms with E-state index in [0.717, 1.165) is 30.5 Å². The van der Waals surface area contributed by atoms with E-state index >= 15 is 0 Å². The molecule has 2 rings (SSSR count). The molecule has 2 N–H and O–H groups in total. The summed E-state index contributed by atoms with van der Waals surface area (Å²) in [6.07, 6.45) is 3.01. The van der Waals surface area contributed by atoms with Crippen molar-refractivity contribution in [1.29, 1.82) is 0 Å². The number of hydrogen-bond donors (Lipinski definition) is 2. The minimum Gasteiger partial charge on any atom is -0.395 e. The van der Waals surface area contributed by atoms with Crippen molar-refractivity contribution in [3.8, 4) is 0 Å². The fraction of sp³-hybridized carbons (Fsp3) is 0.600. The van der Waals surface area contributed by atoms with E-state index in [4.69, 9.17) is 5.11 Å². The topological polar surface area (TPSA) is 69.2 Å². The number of carbonyl (C=O) groups is 1. The van der Waals surface area contributed by atoms with Crippen molar-refractivity contribution in [2.45, 2.75) is 19.3 Å². The second-order valence-corrected chi connectivity index (χ2v) is 3.83. The molecule has 0 bridgehead atoms. The number of aromatic amines is 1. The quantitative estimate of drug-likeness (QED) is 0.734. The molecule has 0 unspecified atom stereocenters. The minimum absolute atomic E-state index is 0.0190. The number of aliphatic hydroxyl groups excluding tert-OH is 1. The van der Waals surface area contributed by atoms with Gasteiger partial charge in [-0.3, -0.25) is 9.89 Å². The Labute approximate surface area is 88.1 Å². The lowest BCUT2D eigenvalue weighted by atomic mass is 10.2. The lowest BCUT2D eigenvalue weighted by Crippen LogP contribution is -2.30. The molecule has 1 amide bonds. The number of aryl methyl sites for hydroxylation is 1. The van der Waals surface area contributed by atoms with Gasteiger partial charge in [0.25, 0.3) is 5.91 Å². The van der Waals surface area contributed by atoms with Crippen molar-refractivity contribution in [2.24, 2.45) is 0 Å². The van der Waals surface area contributed by atoms with E-state index in [1.165, 1.54) is 4.90 Å². The first kappa shape index (κ1) is 10.2. The summed E-state index contributed by atoms with van der Waals surface area (Å²) in [6.45, 7) is 0.329. The smallest absolute Gasteiger partial charge is 0.274 e. The molecule has 0 saturated heterocycles. The average molecular weight is 209 g/mol. The van der Waals surface area contributed by atoms with Crippen LogP contribution in [0.5, 0.6) is 0 Å². The summed E-state index contributed by atoms with van der Waals surface area (Å²) in [5, 5.41) is 15.7. The summed E-state index contributed by atoms with van der Waals surface area (Å²) in [4.78, 5) is 13.4. The average Bonchev–Trinajstić information content (AvgIpc) is 2.77. The van der Waals surface area contributed by atoms with Gasteiger partial charge in [-0.05, 0) is 19.3 Å². The van der Waals surface area contributed by atoms with Crippen molar-refractivity contribution in [3.63, 3.8) is 0 Å². The molecule has 1 aliphatic rings. The molecule has 0 radical (unpaired) electrons. The van der Waals surface area contributed by atoms with E-state index in [1.807, 2.05) is 0 Å². The van der Waals surface area contributed by atoms with Gasteiger partial charge in [0.15, 0.2) is 5.69 Å². The zero-order chi connectivity index (χ0) is 10.8. The van der Waals surface area contributed by atoms with E-state index in [-0.39, 0.29) is 12.5 Å². The normalized spacial score (nSPS) is 14.0. The number of amides is 1. The first-order chi connectivity index (χ1) is 7.24. The highest BCUT2D eigenvalue weighted by Crippen LogP contribution is 2.23. The Hall–Kier alpha value is -1.36. The number of carbonyl (C=O) groups excluding carboxylic acids is 1. The largest absolute Gasteiger partial charge is 0.395 e. The van der Waals surface area contributed by atoms with Crippen LogP contribution in [0.2, 0.25) is 0 Å². The van der Waals surface area contributed by atoms with Crippen molar-refractivity contribution in [3.05, 3.63) is 17.0 Å². The van der Waals surface area contributed by atoms with Gasteiger partial charge < -0.3 is 10.0 Å². The van der Waals surface area contributed by atoms with Crippen molar-refractivity contribution < 1.29 is 9.90 Å². The highest BCUT2D eigenvalue weighted by molar-refractivity contribution is 5.94. The van der Waals surface area contributed by atoms with Crippen LogP contribution < -0.4 is 0 Å². The van der Waals surface area contributed by atoms with E-state index in [9.17, 15) is 4.79 Å². The van der Waals surface area contributed by atoms with Gasteiger partial charge in [-0.15, -0.1) is 0 Å². The number of rotatable bonds is 3. The van der Waals surface area contributed by atoms with Crippen molar-refractivity contribution in [2.75, 3.05) is 20.2 Å². The third-order valence-electron chi connectivity index (χ3n) is 2.79. The molecule has 1 aromatic heterocycles. The van der Waals surface area contributed by atoms with Gasteiger partial charge in [-0.1, -0.05) is 0 Å². The third-order valence-corrected chi connectivity index (χ3v) is 2.79. The summed E-state index contributed by atoms with van der Waals surface area (Å²) < 4.78 is 0. The molecule has 1 heterocycles. The van der Waals surface area contributed by atoms with Crippen molar-refractivity contribution in [1.82, 2.24) is 15.1 Å². The predicted octanol–water partition coefficient (Wildman–Crippen LogP) is -0.0373. The Kier molecular flexibility index (Phi) is 2.73. The molecule has 5 heteroatoms. The number of H-pyrrole nitrogens is 1. The first-order valence-electron chi connectivity index (χ1n) is 5.16. The second-order valence-electron chi connectivity index (χ2n) is 3.83. The van der Waals surface area contributed by atoms with Gasteiger partial charge in [0.05, 0.1) is 6.61 Å². The van der Waals surface area contributed by atoms with Crippen LogP contribution in [-0.4, -0.2) is 46.3 Å². The third kappa shape index (κ3) is 1.74. The van der Waals surface area contributed by atoms with E-state index < -0.39 is 0 Å². The molecule has 0 spiro atoms. The van der Waals surface area contributed by atoms with Crippen LogP contribution in [0.3, 0.4) is 0 Å². The Morgan fingerprint density at radius 3 is 3.13 bits per heavy atom. The molecule has 0 atom stereocenters. The fourth-order valence-electron chi connectivity index (χ4n) is 1.93. The Bertz CT molecular complexity index is 373. The van der Waals surface area contributed by atoms with E-state index in [0.29, 0.717) is 12.2 Å². The monoisotopic (exact) mass is 209 g/mol. The number of nitrogens with zero attached hydrogens (tertiary/aromatic N) is 2. The number of nitrogens with one attached hydrogen (secondary N) is 1. The van der Waals surface area contributed by atoms with Gasteiger partial charge in [-0.25, -0.2) is 0 Å². The molecule has 1 aromatic rings. The molecule has 0 aromatic carbocycles. The summed E-state index contributed by atoms with van der Waals surface area (Å²) in [5.41, 5.74) is 2.68. The predicted molar refractivity (Wildman–Crippen MR) is 54.7 cm³/mol.